The Morgan fingerprint density at radius 1 is 1.18 bits per heavy atom. The van der Waals surface area contributed by atoms with Crippen molar-refractivity contribution >= 4 is 27.3 Å². The average molecular weight is 485 g/mol. The summed E-state index contributed by atoms with van der Waals surface area (Å²) in [6.07, 6.45) is -1.46. The van der Waals surface area contributed by atoms with E-state index in [1.807, 2.05) is 0 Å². The van der Waals surface area contributed by atoms with E-state index in [-0.39, 0.29) is 17.3 Å². The summed E-state index contributed by atoms with van der Waals surface area (Å²) < 4.78 is 67.1. The number of hydrogen-bond acceptors (Lipinski definition) is 5. The van der Waals surface area contributed by atoms with E-state index in [2.05, 4.69) is 5.32 Å². The molecule has 1 N–H and O–H groups in total. The van der Waals surface area contributed by atoms with Gasteiger partial charge in [0.2, 0.25) is 5.91 Å². The Bertz CT molecular complexity index is 1160. The summed E-state index contributed by atoms with van der Waals surface area (Å²) in [5.41, 5.74) is -1.72. The molecule has 178 valence electrons. The molecule has 12 heteroatoms. The molecule has 0 spiro atoms. The number of benzene rings is 2. The quantitative estimate of drug-likeness (QED) is 0.468. The number of nitro groups is 1. The molecule has 8 nitrogen and oxygen atoms in total. The van der Waals surface area contributed by atoms with Gasteiger partial charge in [0.05, 0.1) is 21.1 Å². The van der Waals surface area contributed by atoms with Crippen molar-refractivity contribution in [2.45, 2.75) is 49.7 Å². The third-order valence-electron chi connectivity index (χ3n) is 5.43. The molecule has 0 saturated heterocycles. The van der Waals surface area contributed by atoms with Gasteiger partial charge < -0.3 is 5.32 Å². The van der Waals surface area contributed by atoms with Gasteiger partial charge in [0.15, 0.2) is 0 Å². The maximum absolute atomic E-state index is 13.4. The third-order valence-corrected chi connectivity index (χ3v) is 7.20. The second kappa shape index (κ2) is 9.38. The molecule has 0 aromatic heterocycles. The van der Waals surface area contributed by atoms with E-state index in [4.69, 9.17) is 0 Å². The maximum atomic E-state index is 13.4. The normalized spacial score (nSPS) is 14.8. The number of sulfonamides is 1. The molecule has 2 aromatic rings. The number of amides is 1. The highest BCUT2D eigenvalue weighted by Gasteiger charge is 2.34. The van der Waals surface area contributed by atoms with E-state index in [1.165, 1.54) is 13.0 Å². The van der Waals surface area contributed by atoms with Crippen LogP contribution >= 0.6 is 0 Å². The van der Waals surface area contributed by atoms with Crippen molar-refractivity contribution in [1.82, 2.24) is 5.32 Å². The van der Waals surface area contributed by atoms with Gasteiger partial charge >= 0.3 is 6.18 Å². The zero-order valence-electron chi connectivity index (χ0n) is 17.6. The van der Waals surface area contributed by atoms with E-state index in [0.717, 1.165) is 56.0 Å². The maximum Gasteiger partial charge on any atom is 0.416 e. The first kappa shape index (κ1) is 24.5. The fourth-order valence-corrected chi connectivity index (χ4v) is 5.13. The lowest BCUT2D eigenvalue weighted by Gasteiger charge is -2.25. The molecule has 0 bridgehead atoms. The van der Waals surface area contributed by atoms with Crippen LogP contribution in [0, 0.1) is 17.0 Å². The highest BCUT2D eigenvalue weighted by molar-refractivity contribution is 7.92. The van der Waals surface area contributed by atoms with Crippen molar-refractivity contribution in [3.8, 4) is 0 Å². The van der Waals surface area contributed by atoms with Crippen LogP contribution in [0.4, 0.5) is 24.5 Å². The van der Waals surface area contributed by atoms with Gasteiger partial charge in [-0.15, -0.1) is 0 Å². The summed E-state index contributed by atoms with van der Waals surface area (Å²) in [5.74, 6) is -0.676. The molecule has 0 unspecified atom stereocenters. The zero-order chi connectivity index (χ0) is 24.4. The molecular weight excluding hydrogens is 463 g/mol. The number of carbonyl (C=O) groups excluding carboxylic acids is 1. The smallest absolute Gasteiger partial charge is 0.352 e. The molecule has 2 aromatic carbocycles. The molecule has 0 atom stereocenters. The monoisotopic (exact) mass is 485 g/mol. The molecule has 1 amide bonds. The van der Waals surface area contributed by atoms with Gasteiger partial charge in [0.25, 0.3) is 15.7 Å². The highest BCUT2D eigenvalue weighted by Crippen LogP contribution is 2.34. The number of nitrogens with zero attached hydrogens (tertiary/aromatic N) is 2. The summed E-state index contributed by atoms with van der Waals surface area (Å²) in [6.45, 7) is 0.649. The average Bonchev–Trinajstić information content (AvgIpc) is 3.24. The molecule has 0 heterocycles. The second-order valence-corrected chi connectivity index (χ2v) is 9.68. The lowest BCUT2D eigenvalue weighted by Crippen LogP contribution is -2.43. The molecule has 1 saturated carbocycles. The molecule has 1 aliphatic rings. The van der Waals surface area contributed by atoms with Crippen LogP contribution in [0.15, 0.2) is 47.4 Å². The molecule has 1 aliphatic carbocycles. The van der Waals surface area contributed by atoms with Crippen molar-refractivity contribution in [3.63, 3.8) is 0 Å². The number of rotatable bonds is 7. The number of aryl methyl sites for hydroxylation is 1. The Morgan fingerprint density at radius 3 is 2.45 bits per heavy atom. The largest absolute Gasteiger partial charge is 0.416 e. The van der Waals surface area contributed by atoms with Gasteiger partial charge in [-0.1, -0.05) is 25.0 Å². The lowest BCUT2D eigenvalue weighted by molar-refractivity contribution is -0.385. The predicted octanol–water partition coefficient (Wildman–Crippen LogP) is 4.18. The molecule has 0 radical (unpaired) electrons. The molecule has 1 fully saturated rings. The van der Waals surface area contributed by atoms with E-state index >= 15 is 0 Å². The Labute approximate surface area is 188 Å². The fourth-order valence-electron chi connectivity index (χ4n) is 3.70. The van der Waals surface area contributed by atoms with Crippen LogP contribution in [0.1, 0.15) is 36.8 Å². The summed E-state index contributed by atoms with van der Waals surface area (Å²) in [7, 11) is -4.62. The molecule has 3 rings (SSSR count). The van der Waals surface area contributed by atoms with Crippen LogP contribution in [0.3, 0.4) is 0 Å². The number of carbonyl (C=O) groups is 1. The number of anilines is 1. The first-order valence-corrected chi connectivity index (χ1v) is 11.6. The third kappa shape index (κ3) is 5.62. The summed E-state index contributed by atoms with van der Waals surface area (Å²) in [5, 5.41) is 14.0. The van der Waals surface area contributed by atoms with Crippen molar-refractivity contribution in [2.75, 3.05) is 10.8 Å². The predicted molar refractivity (Wildman–Crippen MR) is 114 cm³/mol. The van der Waals surface area contributed by atoms with E-state index in [0.29, 0.717) is 10.4 Å². The van der Waals surface area contributed by atoms with Crippen molar-refractivity contribution in [1.29, 1.82) is 0 Å². The Kier molecular flexibility index (Phi) is 6.96. The SMILES string of the molecule is Cc1ccc(S(=O)(=O)N(CC(=O)NC2CCCC2)c2cccc(C(F)(F)F)c2)cc1[N+](=O)[O-]. The minimum absolute atomic E-state index is 0.135. The first-order chi connectivity index (χ1) is 15.4. The highest BCUT2D eigenvalue weighted by atomic mass is 32.2. The van der Waals surface area contributed by atoms with E-state index in [9.17, 15) is 36.5 Å². The topological polar surface area (TPSA) is 110 Å². The molecule has 33 heavy (non-hydrogen) atoms. The van der Waals surface area contributed by atoms with Crippen LogP contribution in [-0.2, 0) is 21.0 Å². The molecular formula is C21H22F3N3O5S. The van der Waals surface area contributed by atoms with Crippen molar-refractivity contribution < 1.29 is 31.3 Å². The fraction of sp³-hybridized carbons (Fsp3) is 0.381. The minimum Gasteiger partial charge on any atom is -0.352 e. The van der Waals surface area contributed by atoms with E-state index in [1.54, 1.807) is 0 Å². The van der Waals surface area contributed by atoms with Gasteiger partial charge in [0, 0.05) is 17.7 Å². The van der Waals surface area contributed by atoms with Gasteiger partial charge in [-0.25, -0.2) is 8.42 Å². The van der Waals surface area contributed by atoms with Crippen LogP contribution in [0.25, 0.3) is 0 Å². The van der Waals surface area contributed by atoms with Crippen molar-refractivity contribution in [2.24, 2.45) is 0 Å². The standard InChI is InChI=1S/C21H22F3N3O5S/c1-14-9-10-18(12-19(14)27(29)30)33(31,32)26(13-20(28)25-16-6-2-3-7-16)17-8-4-5-15(11-17)21(22,23)24/h4-5,8-12,16H,2-3,6-7,13H2,1H3,(H,25,28). The Morgan fingerprint density at radius 2 is 1.85 bits per heavy atom. The number of nitrogens with one attached hydrogen (secondary N) is 1. The van der Waals surface area contributed by atoms with Gasteiger partial charge in [-0.3, -0.25) is 19.2 Å². The van der Waals surface area contributed by atoms with Crippen LogP contribution in [0.2, 0.25) is 0 Å². The van der Waals surface area contributed by atoms with Gasteiger partial charge in [-0.2, -0.15) is 13.2 Å². The second-order valence-electron chi connectivity index (χ2n) is 7.81. The summed E-state index contributed by atoms with van der Waals surface area (Å²) >= 11 is 0. The Balaban J connectivity index is 2.05. The van der Waals surface area contributed by atoms with Gasteiger partial charge in [0.1, 0.15) is 6.54 Å². The number of hydrogen-bond donors (Lipinski definition) is 1. The van der Waals surface area contributed by atoms with Crippen LogP contribution < -0.4 is 9.62 Å². The number of nitro benzene ring substituents is 1. The number of alkyl halides is 3. The van der Waals surface area contributed by atoms with Crippen molar-refractivity contribution in [3.05, 3.63) is 63.7 Å². The van der Waals surface area contributed by atoms with Crippen LogP contribution in [0.5, 0.6) is 0 Å². The Hall–Kier alpha value is -3.15. The zero-order valence-corrected chi connectivity index (χ0v) is 18.4. The number of halogens is 3. The van der Waals surface area contributed by atoms with E-state index < -0.39 is 49.7 Å². The first-order valence-electron chi connectivity index (χ1n) is 10.1. The minimum atomic E-state index is -4.74. The molecule has 0 aliphatic heterocycles. The van der Waals surface area contributed by atoms with Crippen LogP contribution in [-0.4, -0.2) is 31.8 Å². The lowest BCUT2D eigenvalue weighted by atomic mass is 10.2. The summed E-state index contributed by atoms with van der Waals surface area (Å²) in [4.78, 5) is 22.6. The summed E-state index contributed by atoms with van der Waals surface area (Å²) in [6, 6.07) is 6.63. The van der Waals surface area contributed by atoms with Gasteiger partial charge in [-0.05, 0) is 44.0 Å².